The highest BCUT2D eigenvalue weighted by Crippen LogP contribution is 1.91. The molecule has 0 aromatic carbocycles. The fraction of sp³-hybridized carbons (Fsp3) is 0. The number of hydrogen-bond donors (Lipinski definition) is 2. The first-order chi connectivity index (χ1) is 5.34. The van der Waals surface area contributed by atoms with E-state index >= 15 is 0 Å². The zero-order valence-corrected chi connectivity index (χ0v) is 6.41. The molecule has 0 bridgehead atoms. The lowest BCUT2D eigenvalue weighted by Gasteiger charge is -1.94. The van der Waals surface area contributed by atoms with E-state index in [0.717, 1.165) is 0 Å². The molecule has 58 valence electrons. The molecule has 11 heavy (non-hydrogen) atoms. The molecule has 0 saturated carbocycles. The van der Waals surface area contributed by atoms with Gasteiger partial charge in [-0.1, -0.05) is 6.07 Å². The van der Waals surface area contributed by atoms with Crippen molar-refractivity contribution in [1.82, 2.24) is 9.71 Å². The Kier molecular flexibility index (Phi) is 2.74. The van der Waals surface area contributed by atoms with Crippen LogP contribution in [-0.4, -0.2) is 15.1 Å². The highest BCUT2D eigenvalue weighted by atomic mass is 32.2. The Morgan fingerprint density at radius 2 is 2.36 bits per heavy atom. The Hall–Kier alpha value is -1.23. The van der Waals surface area contributed by atoms with Crippen LogP contribution in [0.1, 0.15) is 10.5 Å². The number of pyridine rings is 1. The van der Waals surface area contributed by atoms with E-state index in [9.17, 15) is 9.00 Å². The molecule has 1 heterocycles. The van der Waals surface area contributed by atoms with Gasteiger partial charge in [-0.15, -0.1) is 0 Å². The zero-order chi connectivity index (χ0) is 8.10. The fourth-order valence-electron chi connectivity index (χ4n) is 0.596. The van der Waals surface area contributed by atoms with Crippen LogP contribution >= 0.6 is 0 Å². The number of nitrogens with zero attached hydrogens (tertiary/aromatic N) is 1. The van der Waals surface area contributed by atoms with Gasteiger partial charge in [-0.05, 0) is 12.1 Å². The van der Waals surface area contributed by atoms with Crippen LogP contribution in [0.2, 0.25) is 0 Å². The van der Waals surface area contributed by atoms with Gasteiger partial charge in [-0.3, -0.25) is 14.5 Å². The maximum Gasteiger partial charge on any atom is 0.281 e. The number of thiol groups is 1. The van der Waals surface area contributed by atoms with Crippen LogP contribution in [0, 0.1) is 0 Å². The molecule has 4 nitrogen and oxygen atoms in total. The summed E-state index contributed by atoms with van der Waals surface area (Å²) >= 11 is -0.405. The summed E-state index contributed by atoms with van der Waals surface area (Å²) in [6.07, 6.45) is 1.50. The minimum atomic E-state index is -0.442. The zero-order valence-electron chi connectivity index (χ0n) is 5.52. The highest BCUT2D eigenvalue weighted by molar-refractivity contribution is 7.64. The van der Waals surface area contributed by atoms with E-state index in [-0.39, 0.29) is 5.69 Å². The Balaban J connectivity index is 2.77. The summed E-state index contributed by atoms with van der Waals surface area (Å²) in [5.74, 6) is -0.442. The summed E-state index contributed by atoms with van der Waals surface area (Å²) in [7, 11) is 0. The van der Waals surface area contributed by atoms with Gasteiger partial charge in [0.25, 0.3) is 5.91 Å². The summed E-state index contributed by atoms with van der Waals surface area (Å²) in [4.78, 5) is 14.6. The molecule has 0 aliphatic rings. The van der Waals surface area contributed by atoms with Crippen LogP contribution in [0.3, 0.4) is 0 Å². The molecule has 0 saturated heterocycles. The monoisotopic (exact) mass is 170 g/mol. The number of nitrogens with one attached hydrogen (secondary N) is 1. The quantitative estimate of drug-likeness (QED) is 0.597. The van der Waals surface area contributed by atoms with Crippen molar-refractivity contribution in [2.24, 2.45) is 0 Å². The third kappa shape index (κ3) is 2.12. The van der Waals surface area contributed by atoms with Gasteiger partial charge in [0.05, 0.1) is 0 Å². The predicted octanol–water partition coefficient (Wildman–Crippen LogP) is -0.328. The van der Waals surface area contributed by atoms with Gasteiger partial charge in [0, 0.05) is 6.20 Å². The topological polar surface area (TPSA) is 59.1 Å². The second kappa shape index (κ2) is 3.82. The maximum absolute atomic E-state index is 10.9. The molecule has 5 heteroatoms. The molecule has 0 fully saturated rings. The average molecular weight is 170 g/mol. The van der Waals surface area contributed by atoms with E-state index in [1.807, 2.05) is 0 Å². The first-order valence-electron chi connectivity index (χ1n) is 2.88. The van der Waals surface area contributed by atoms with Gasteiger partial charge in [0.15, 0.2) is 0 Å². The third-order valence-electron chi connectivity index (χ3n) is 1.04. The van der Waals surface area contributed by atoms with Crippen molar-refractivity contribution in [3.63, 3.8) is 0 Å². The molecule has 0 unspecified atom stereocenters. The van der Waals surface area contributed by atoms with Crippen molar-refractivity contribution < 1.29 is 9.00 Å². The summed E-state index contributed by atoms with van der Waals surface area (Å²) in [5.41, 5.74) is 0.260. The Morgan fingerprint density at radius 1 is 1.55 bits per heavy atom. The molecule has 0 aliphatic heterocycles. The summed E-state index contributed by atoms with van der Waals surface area (Å²) < 4.78 is 12.0. The van der Waals surface area contributed by atoms with E-state index in [1.54, 1.807) is 18.2 Å². The fourth-order valence-corrected chi connectivity index (χ4v) is 0.793. The maximum atomic E-state index is 10.9. The van der Waals surface area contributed by atoms with Crippen LogP contribution in [-0.2, 0) is 11.9 Å². The van der Waals surface area contributed by atoms with E-state index < -0.39 is 17.8 Å². The SMILES string of the molecule is O=[SH]NC(=O)c1ccccn1. The number of amides is 1. The molecular formula is C6H6N2O2S. The van der Waals surface area contributed by atoms with Gasteiger partial charge in [-0.25, -0.2) is 4.21 Å². The van der Waals surface area contributed by atoms with Crippen LogP contribution in [0.5, 0.6) is 0 Å². The number of rotatable bonds is 2. The number of hydrogen-bond acceptors (Lipinski definition) is 3. The molecule has 1 aromatic rings. The van der Waals surface area contributed by atoms with Crippen molar-refractivity contribution in [2.75, 3.05) is 0 Å². The van der Waals surface area contributed by atoms with Gasteiger partial charge < -0.3 is 0 Å². The lowest BCUT2D eigenvalue weighted by molar-refractivity contribution is 0.0979. The lowest BCUT2D eigenvalue weighted by Crippen LogP contribution is -2.19. The number of carbonyl (C=O) groups excluding carboxylic acids is 1. The molecule has 0 radical (unpaired) electrons. The van der Waals surface area contributed by atoms with Crippen LogP contribution in [0.15, 0.2) is 24.4 Å². The molecule has 0 aliphatic carbocycles. The van der Waals surface area contributed by atoms with Gasteiger partial charge >= 0.3 is 0 Å². The minimum absolute atomic E-state index is 0.260. The molecule has 1 rings (SSSR count). The van der Waals surface area contributed by atoms with Crippen LogP contribution in [0.4, 0.5) is 0 Å². The highest BCUT2D eigenvalue weighted by Gasteiger charge is 2.02. The second-order valence-corrected chi connectivity index (χ2v) is 2.15. The summed E-state index contributed by atoms with van der Waals surface area (Å²) in [6, 6.07) is 4.93. The standard InChI is InChI=1S/C6H6N2O2S/c9-6(8-11-10)5-3-1-2-4-7-5/h1-4,11H,(H,8,9,10). The third-order valence-corrected chi connectivity index (χ3v) is 1.34. The molecule has 1 amide bonds. The van der Waals surface area contributed by atoms with E-state index in [4.69, 9.17) is 0 Å². The van der Waals surface area contributed by atoms with E-state index in [2.05, 4.69) is 9.71 Å². The van der Waals surface area contributed by atoms with E-state index in [0.29, 0.717) is 0 Å². The van der Waals surface area contributed by atoms with Crippen molar-refractivity contribution in [1.29, 1.82) is 0 Å². The van der Waals surface area contributed by atoms with Crippen LogP contribution < -0.4 is 4.72 Å². The van der Waals surface area contributed by atoms with Gasteiger partial charge in [0.1, 0.15) is 17.5 Å². The Morgan fingerprint density at radius 3 is 2.91 bits per heavy atom. The molecule has 1 N–H and O–H groups in total. The molecule has 0 atom stereocenters. The van der Waals surface area contributed by atoms with Gasteiger partial charge in [0.2, 0.25) is 0 Å². The smallest absolute Gasteiger partial charge is 0.272 e. The van der Waals surface area contributed by atoms with Crippen molar-refractivity contribution >= 4 is 17.8 Å². The predicted molar refractivity (Wildman–Crippen MR) is 41.2 cm³/mol. The summed E-state index contributed by atoms with van der Waals surface area (Å²) in [6.45, 7) is 0. The average Bonchev–Trinajstić information content (AvgIpc) is 2.07. The Bertz CT molecular complexity index is 263. The number of aromatic nitrogens is 1. The normalized spacial score (nSPS) is 9.09. The van der Waals surface area contributed by atoms with Crippen molar-refractivity contribution in [2.45, 2.75) is 0 Å². The van der Waals surface area contributed by atoms with Crippen LogP contribution in [0.25, 0.3) is 0 Å². The first-order valence-corrected chi connectivity index (χ1v) is 3.69. The van der Waals surface area contributed by atoms with Crippen molar-refractivity contribution in [3.05, 3.63) is 30.1 Å². The second-order valence-electron chi connectivity index (χ2n) is 1.75. The Labute approximate surface area is 67.3 Å². The molecule has 1 aromatic heterocycles. The van der Waals surface area contributed by atoms with Crippen molar-refractivity contribution in [3.8, 4) is 0 Å². The molecule has 0 spiro atoms. The minimum Gasteiger partial charge on any atom is -0.272 e. The number of carbonyl (C=O) groups is 1. The molecular weight excluding hydrogens is 164 g/mol. The van der Waals surface area contributed by atoms with Gasteiger partial charge in [-0.2, -0.15) is 0 Å². The first kappa shape index (κ1) is 7.87. The lowest BCUT2D eigenvalue weighted by atomic mass is 10.3. The van der Waals surface area contributed by atoms with E-state index in [1.165, 1.54) is 6.20 Å². The largest absolute Gasteiger partial charge is 0.281 e. The summed E-state index contributed by atoms with van der Waals surface area (Å²) in [5, 5.41) is 0.